The number of halogens is 5. The van der Waals surface area contributed by atoms with Crippen LogP contribution >= 0.6 is 0 Å². The van der Waals surface area contributed by atoms with Crippen molar-refractivity contribution in [1.82, 2.24) is 0 Å². The predicted octanol–water partition coefficient (Wildman–Crippen LogP) is 3.74. The normalized spacial score (nSPS) is 21.2. The topological polar surface area (TPSA) is 24.7 Å². The standard InChI is InChI=1S/C15H7F5N2/c16-11-10(12(17)14(19)15(20)13(11)18)9(7-3-1-5-21-7)8-4-2-6-22-8/h1-7H/b9-8+. The van der Waals surface area contributed by atoms with E-state index in [0.717, 1.165) is 0 Å². The summed E-state index contributed by atoms with van der Waals surface area (Å²) < 4.78 is 68.2. The first-order valence-electron chi connectivity index (χ1n) is 6.19. The molecule has 2 nitrogen and oxygen atoms in total. The Hall–Kier alpha value is -2.57. The van der Waals surface area contributed by atoms with Gasteiger partial charge >= 0.3 is 0 Å². The van der Waals surface area contributed by atoms with E-state index in [1.807, 2.05) is 0 Å². The summed E-state index contributed by atoms with van der Waals surface area (Å²) >= 11 is 0. The molecule has 1 unspecified atom stereocenters. The summed E-state index contributed by atoms with van der Waals surface area (Å²) in [6.07, 6.45) is 8.62. The van der Waals surface area contributed by atoms with Crippen LogP contribution in [0.5, 0.6) is 0 Å². The van der Waals surface area contributed by atoms with Crippen molar-refractivity contribution >= 4 is 18.0 Å². The Balaban J connectivity index is 2.34. The van der Waals surface area contributed by atoms with Gasteiger partial charge in [0.05, 0.1) is 17.3 Å². The number of hydrogen-bond acceptors (Lipinski definition) is 2. The van der Waals surface area contributed by atoms with Crippen molar-refractivity contribution in [2.75, 3.05) is 0 Å². The van der Waals surface area contributed by atoms with Gasteiger partial charge in [0.1, 0.15) is 0 Å². The molecule has 0 spiro atoms. The minimum absolute atomic E-state index is 0.0944. The van der Waals surface area contributed by atoms with Crippen LogP contribution in [0.3, 0.4) is 0 Å². The van der Waals surface area contributed by atoms with Gasteiger partial charge in [0, 0.05) is 18.0 Å². The average molecular weight is 310 g/mol. The molecule has 0 radical (unpaired) electrons. The maximum absolute atomic E-state index is 14.1. The molecule has 7 heteroatoms. The van der Waals surface area contributed by atoms with Crippen LogP contribution in [-0.4, -0.2) is 18.5 Å². The first-order chi connectivity index (χ1) is 10.5. The smallest absolute Gasteiger partial charge is 0.200 e. The number of nitrogens with zero attached hydrogens (tertiary/aromatic N) is 2. The zero-order chi connectivity index (χ0) is 15.9. The summed E-state index contributed by atoms with van der Waals surface area (Å²) in [5.74, 6) is -9.98. The third-order valence-electron chi connectivity index (χ3n) is 3.23. The Morgan fingerprint density at radius 2 is 1.45 bits per heavy atom. The first-order valence-corrected chi connectivity index (χ1v) is 6.19. The molecule has 1 aromatic rings. The van der Waals surface area contributed by atoms with Gasteiger partial charge in [0.15, 0.2) is 23.3 Å². The zero-order valence-corrected chi connectivity index (χ0v) is 10.8. The van der Waals surface area contributed by atoms with Gasteiger partial charge in [-0.1, -0.05) is 6.08 Å². The van der Waals surface area contributed by atoms with Gasteiger partial charge in [-0.15, -0.1) is 0 Å². The molecule has 0 saturated heterocycles. The predicted molar refractivity (Wildman–Crippen MR) is 72.2 cm³/mol. The average Bonchev–Trinajstić information content (AvgIpc) is 3.20. The van der Waals surface area contributed by atoms with Crippen LogP contribution in [0, 0.1) is 29.1 Å². The van der Waals surface area contributed by atoms with E-state index in [-0.39, 0.29) is 11.3 Å². The lowest BCUT2D eigenvalue weighted by atomic mass is 9.95. The quantitative estimate of drug-likeness (QED) is 0.452. The second kappa shape index (κ2) is 5.32. The van der Waals surface area contributed by atoms with Gasteiger partial charge in [-0.3, -0.25) is 9.98 Å². The zero-order valence-electron chi connectivity index (χ0n) is 10.8. The van der Waals surface area contributed by atoms with Crippen LogP contribution < -0.4 is 0 Å². The lowest BCUT2D eigenvalue weighted by molar-refractivity contribution is 0.376. The van der Waals surface area contributed by atoms with Gasteiger partial charge in [-0.25, -0.2) is 22.0 Å². The van der Waals surface area contributed by atoms with Crippen LogP contribution in [-0.2, 0) is 0 Å². The Morgan fingerprint density at radius 1 is 0.818 bits per heavy atom. The molecule has 2 aliphatic rings. The van der Waals surface area contributed by atoms with Crippen LogP contribution in [0.25, 0.3) is 5.57 Å². The molecule has 22 heavy (non-hydrogen) atoms. The van der Waals surface area contributed by atoms with Crippen LogP contribution in [0.15, 0.2) is 40.0 Å². The highest BCUT2D eigenvalue weighted by atomic mass is 19.2. The van der Waals surface area contributed by atoms with E-state index in [2.05, 4.69) is 9.98 Å². The second-order valence-corrected chi connectivity index (χ2v) is 4.51. The molecule has 0 bridgehead atoms. The fourth-order valence-electron chi connectivity index (χ4n) is 2.25. The number of allylic oxidation sites excluding steroid dienone is 3. The molecule has 112 valence electrons. The summed E-state index contributed by atoms with van der Waals surface area (Å²) in [5.41, 5.74) is -1.09. The number of aliphatic imine (C=N–C) groups is 2. The lowest BCUT2D eigenvalue weighted by Crippen LogP contribution is -2.13. The molecule has 0 aliphatic carbocycles. The van der Waals surface area contributed by atoms with E-state index in [4.69, 9.17) is 0 Å². The summed E-state index contributed by atoms with van der Waals surface area (Å²) in [6.45, 7) is 0. The van der Waals surface area contributed by atoms with E-state index in [9.17, 15) is 22.0 Å². The molecular weight excluding hydrogens is 303 g/mol. The lowest BCUT2D eigenvalue weighted by Gasteiger charge is -2.16. The van der Waals surface area contributed by atoms with Crippen LogP contribution in [0.4, 0.5) is 22.0 Å². The molecule has 0 saturated carbocycles. The van der Waals surface area contributed by atoms with Crippen molar-refractivity contribution in [3.8, 4) is 0 Å². The van der Waals surface area contributed by atoms with Gasteiger partial charge < -0.3 is 0 Å². The molecule has 2 heterocycles. The molecule has 0 amide bonds. The van der Waals surface area contributed by atoms with Gasteiger partial charge in [-0.2, -0.15) is 0 Å². The maximum atomic E-state index is 14.1. The second-order valence-electron chi connectivity index (χ2n) is 4.51. The molecular formula is C15H7F5N2. The molecule has 1 aromatic carbocycles. The van der Waals surface area contributed by atoms with E-state index in [0.29, 0.717) is 0 Å². The number of benzene rings is 1. The molecule has 0 N–H and O–H groups in total. The van der Waals surface area contributed by atoms with E-state index >= 15 is 0 Å². The minimum atomic E-state index is -2.20. The van der Waals surface area contributed by atoms with Gasteiger partial charge in [0.25, 0.3) is 0 Å². The van der Waals surface area contributed by atoms with E-state index < -0.39 is 40.7 Å². The monoisotopic (exact) mass is 310 g/mol. The van der Waals surface area contributed by atoms with Crippen molar-refractivity contribution in [1.29, 1.82) is 0 Å². The number of rotatable bonds is 2. The summed E-state index contributed by atoms with van der Waals surface area (Å²) in [4.78, 5) is 7.83. The maximum Gasteiger partial charge on any atom is 0.200 e. The third-order valence-corrected chi connectivity index (χ3v) is 3.23. The van der Waals surface area contributed by atoms with E-state index in [1.165, 1.54) is 36.7 Å². The highest BCUT2D eigenvalue weighted by Crippen LogP contribution is 2.35. The Bertz CT molecular complexity index is 748. The van der Waals surface area contributed by atoms with E-state index in [1.54, 1.807) is 0 Å². The summed E-state index contributed by atoms with van der Waals surface area (Å²) in [7, 11) is 0. The molecule has 1 atom stereocenters. The van der Waals surface area contributed by atoms with Crippen molar-refractivity contribution in [3.63, 3.8) is 0 Å². The fraction of sp³-hybridized carbons (Fsp3) is 0.0667. The Labute approximate surface area is 121 Å². The Kier molecular flexibility index (Phi) is 3.48. The van der Waals surface area contributed by atoms with Crippen molar-refractivity contribution in [2.45, 2.75) is 6.04 Å². The number of hydrogen-bond donors (Lipinski definition) is 0. The summed E-state index contributed by atoms with van der Waals surface area (Å²) in [6, 6.07) is -0.872. The minimum Gasteiger partial charge on any atom is -0.281 e. The molecule has 0 aromatic heterocycles. The third kappa shape index (κ3) is 2.09. The Morgan fingerprint density at radius 3 is 1.95 bits per heavy atom. The van der Waals surface area contributed by atoms with Gasteiger partial charge in [-0.05, 0) is 18.2 Å². The van der Waals surface area contributed by atoms with Crippen LogP contribution in [0.2, 0.25) is 0 Å². The molecule has 3 rings (SSSR count). The van der Waals surface area contributed by atoms with Gasteiger partial charge in [0.2, 0.25) is 5.82 Å². The first kappa shape index (κ1) is 14.4. The molecule has 2 aliphatic heterocycles. The van der Waals surface area contributed by atoms with Crippen molar-refractivity contribution < 1.29 is 22.0 Å². The largest absolute Gasteiger partial charge is 0.281 e. The molecule has 0 fully saturated rings. The SMILES string of the molecule is Fc1c(F)c(F)c(/C(=C2\C=CC=N2)C2C=CC=N2)c(F)c1F. The van der Waals surface area contributed by atoms with Crippen molar-refractivity contribution in [2.24, 2.45) is 9.98 Å². The summed E-state index contributed by atoms with van der Waals surface area (Å²) in [5, 5.41) is 0. The fourth-order valence-corrected chi connectivity index (χ4v) is 2.25. The highest BCUT2D eigenvalue weighted by molar-refractivity contribution is 5.88. The van der Waals surface area contributed by atoms with Crippen LogP contribution in [0.1, 0.15) is 5.56 Å². The highest BCUT2D eigenvalue weighted by Gasteiger charge is 2.32. The van der Waals surface area contributed by atoms with Crippen molar-refractivity contribution in [3.05, 3.63) is 64.7 Å².